The van der Waals surface area contributed by atoms with E-state index in [1.165, 1.54) is 17.2 Å². The van der Waals surface area contributed by atoms with E-state index in [-0.39, 0.29) is 64.8 Å². The molecule has 0 bridgehead atoms. The summed E-state index contributed by atoms with van der Waals surface area (Å²) < 4.78 is 68.1. The standard InChI is InChI=1S/C36H34F4N6O2/c1-4-23-26(37)12-11-22-9-6-10-24(29(22)23)31-30(38)32-25(19-41-31)33(44(3)20-27-36(39,40)15-18-46(27)28(47)5-2)43-34(42-32)48-21-35-13-7-16-45(35)17-8-14-35/h1,5-6,9-12,19,27H,2,7-8,13-18,20-21H2,3H3/t27-/m1/s1. The SMILES string of the molecule is C#Cc1c(F)ccc2cccc(-c3ncc4c(N(C)C[C@H]5N(C(=O)C=C)CCC5(F)F)nc(OCC56CCCN5CCC6)nc4c3F)c12. The van der Waals surface area contributed by atoms with Crippen LogP contribution in [0.1, 0.15) is 37.7 Å². The third-order valence-corrected chi connectivity index (χ3v) is 10.1. The van der Waals surface area contributed by atoms with E-state index in [0.717, 1.165) is 49.7 Å². The molecule has 48 heavy (non-hydrogen) atoms. The first kappa shape index (κ1) is 31.8. The zero-order valence-electron chi connectivity index (χ0n) is 26.5. The Morgan fingerprint density at radius 1 is 1.15 bits per heavy atom. The number of carbonyl (C=O) groups is 1. The van der Waals surface area contributed by atoms with Gasteiger partial charge in [0.2, 0.25) is 5.91 Å². The smallest absolute Gasteiger partial charge is 0.319 e. The van der Waals surface area contributed by atoms with Gasteiger partial charge in [-0.25, -0.2) is 17.6 Å². The largest absolute Gasteiger partial charge is 0.461 e. The van der Waals surface area contributed by atoms with E-state index in [9.17, 15) is 9.18 Å². The number of hydrogen-bond donors (Lipinski definition) is 0. The quantitative estimate of drug-likeness (QED) is 0.131. The summed E-state index contributed by atoms with van der Waals surface area (Å²) in [6.07, 6.45) is 11.6. The maximum absolute atomic E-state index is 16.8. The molecule has 2 aromatic carbocycles. The van der Waals surface area contributed by atoms with Crippen molar-refractivity contribution in [3.05, 3.63) is 66.4 Å². The summed E-state index contributed by atoms with van der Waals surface area (Å²) in [4.78, 5) is 31.0. The number of ether oxygens (including phenoxy) is 1. The first-order valence-corrected chi connectivity index (χ1v) is 16.0. The van der Waals surface area contributed by atoms with Crippen molar-refractivity contribution in [2.75, 3.05) is 44.7 Å². The molecule has 8 nitrogen and oxygen atoms in total. The molecule has 248 valence electrons. The Balaban J connectivity index is 1.35. The van der Waals surface area contributed by atoms with Gasteiger partial charge in [-0.15, -0.1) is 6.42 Å². The molecule has 3 saturated heterocycles. The molecular formula is C36H34F4N6O2. The second kappa shape index (κ2) is 12.0. The third kappa shape index (κ3) is 5.21. The zero-order chi connectivity index (χ0) is 33.8. The fourth-order valence-electron chi connectivity index (χ4n) is 7.70. The number of likely N-dealkylation sites (tertiary alicyclic amines) is 1. The van der Waals surface area contributed by atoms with Crippen LogP contribution in [0.2, 0.25) is 0 Å². The summed E-state index contributed by atoms with van der Waals surface area (Å²) in [5.41, 5.74) is -0.181. The number of benzene rings is 2. The van der Waals surface area contributed by atoms with E-state index in [4.69, 9.17) is 11.2 Å². The fourth-order valence-corrected chi connectivity index (χ4v) is 7.70. The van der Waals surface area contributed by atoms with Crippen LogP contribution in [0.4, 0.5) is 23.4 Å². The van der Waals surface area contributed by atoms with Crippen molar-refractivity contribution in [3.8, 4) is 29.6 Å². The minimum Gasteiger partial charge on any atom is -0.461 e. The number of rotatable bonds is 8. The second-order valence-corrected chi connectivity index (χ2v) is 12.8. The van der Waals surface area contributed by atoms with Gasteiger partial charge in [-0.2, -0.15) is 9.97 Å². The Kier molecular flexibility index (Phi) is 7.98. The Morgan fingerprint density at radius 3 is 2.65 bits per heavy atom. The number of terminal acetylenes is 1. The highest BCUT2D eigenvalue weighted by Crippen LogP contribution is 2.41. The van der Waals surface area contributed by atoms with E-state index >= 15 is 13.2 Å². The summed E-state index contributed by atoms with van der Waals surface area (Å²) in [6, 6.07) is 6.28. The molecule has 4 aromatic rings. The molecule has 5 heterocycles. The highest BCUT2D eigenvalue weighted by atomic mass is 19.3. The summed E-state index contributed by atoms with van der Waals surface area (Å²) in [5, 5.41) is 1.08. The first-order valence-electron chi connectivity index (χ1n) is 16.0. The number of hydrogen-bond acceptors (Lipinski definition) is 7. The molecule has 12 heteroatoms. The van der Waals surface area contributed by atoms with E-state index in [2.05, 4.69) is 32.4 Å². The van der Waals surface area contributed by atoms with Crippen LogP contribution in [-0.4, -0.2) is 88.0 Å². The van der Waals surface area contributed by atoms with Gasteiger partial charge in [-0.05, 0) is 56.3 Å². The number of nitrogens with zero attached hydrogens (tertiary/aromatic N) is 6. The van der Waals surface area contributed by atoms with Crippen molar-refractivity contribution in [2.45, 2.75) is 49.6 Å². The number of aromatic nitrogens is 3. The topological polar surface area (TPSA) is 74.7 Å². The minimum absolute atomic E-state index is 0.0235. The average molecular weight is 659 g/mol. The summed E-state index contributed by atoms with van der Waals surface area (Å²) in [7, 11) is 1.55. The number of carbonyl (C=O) groups excluding carboxylic acids is 1. The van der Waals surface area contributed by atoms with Crippen LogP contribution in [0.3, 0.4) is 0 Å². The molecule has 3 fully saturated rings. The summed E-state index contributed by atoms with van der Waals surface area (Å²) in [5.74, 6) is -2.73. The van der Waals surface area contributed by atoms with Crippen molar-refractivity contribution >= 4 is 33.4 Å². The van der Waals surface area contributed by atoms with Gasteiger partial charge in [-0.3, -0.25) is 14.7 Å². The predicted molar refractivity (Wildman–Crippen MR) is 175 cm³/mol. The number of pyridine rings is 1. The number of amides is 1. The number of fused-ring (bicyclic) bond motifs is 3. The van der Waals surface area contributed by atoms with Crippen LogP contribution in [-0.2, 0) is 4.79 Å². The van der Waals surface area contributed by atoms with Gasteiger partial charge >= 0.3 is 6.01 Å². The van der Waals surface area contributed by atoms with Gasteiger partial charge in [0, 0.05) is 43.7 Å². The van der Waals surface area contributed by atoms with Crippen molar-refractivity contribution in [1.82, 2.24) is 24.8 Å². The third-order valence-electron chi connectivity index (χ3n) is 10.1. The molecule has 0 N–H and O–H groups in total. The lowest BCUT2D eigenvalue weighted by Gasteiger charge is -2.32. The van der Waals surface area contributed by atoms with Crippen molar-refractivity contribution < 1.29 is 27.1 Å². The maximum Gasteiger partial charge on any atom is 0.319 e. The molecule has 0 aliphatic carbocycles. The number of anilines is 1. The van der Waals surface area contributed by atoms with E-state index in [1.54, 1.807) is 31.3 Å². The van der Waals surface area contributed by atoms with Crippen molar-refractivity contribution in [1.29, 1.82) is 0 Å². The number of halogens is 4. The number of likely N-dealkylation sites (N-methyl/N-ethyl adjacent to an activating group) is 1. The molecule has 3 aliphatic heterocycles. The predicted octanol–water partition coefficient (Wildman–Crippen LogP) is 5.97. The highest BCUT2D eigenvalue weighted by molar-refractivity contribution is 6.02. The maximum atomic E-state index is 16.8. The van der Waals surface area contributed by atoms with E-state index < -0.39 is 35.9 Å². The van der Waals surface area contributed by atoms with Gasteiger partial charge < -0.3 is 14.5 Å². The van der Waals surface area contributed by atoms with Crippen molar-refractivity contribution in [3.63, 3.8) is 0 Å². The molecule has 1 atom stereocenters. The molecular weight excluding hydrogens is 624 g/mol. The first-order chi connectivity index (χ1) is 23.1. The van der Waals surface area contributed by atoms with Crippen LogP contribution >= 0.6 is 0 Å². The van der Waals surface area contributed by atoms with Gasteiger partial charge in [0.25, 0.3) is 5.92 Å². The fraction of sp³-hybridized carbons (Fsp3) is 0.389. The van der Waals surface area contributed by atoms with Gasteiger partial charge in [-0.1, -0.05) is 36.8 Å². The molecule has 0 saturated carbocycles. The monoisotopic (exact) mass is 658 g/mol. The Morgan fingerprint density at radius 2 is 1.92 bits per heavy atom. The lowest BCUT2D eigenvalue weighted by molar-refractivity contribution is -0.130. The molecule has 0 radical (unpaired) electrons. The highest BCUT2D eigenvalue weighted by Gasteiger charge is 2.51. The molecule has 7 rings (SSSR count). The Labute approximate surface area is 275 Å². The second-order valence-electron chi connectivity index (χ2n) is 12.8. The Bertz CT molecular complexity index is 1990. The number of alkyl halides is 2. The van der Waals surface area contributed by atoms with E-state index in [1.807, 2.05) is 0 Å². The van der Waals surface area contributed by atoms with Crippen LogP contribution in [0.15, 0.2) is 49.2 Å². The minimum atomic E-state index is -3.17. The molecule has 1 amide bonds. The average Bonchev–Trinajstić information content (AvgIpc) is 3.75. The normalized spacial score (nSPS) is 19.8. The lowest BCUT2D eigenvalue weighted by Crippen LogP contribution is -2.48. The van der Waals surface area contributed by atoms with Gasteiger partial charge in [0.05, 0.1) is 16.5 Å². The lowest BCUT2D eigenvalue weighted by atomic mass is 9.95. The molecule has 3 aliphatic rings. The van der Waals surface area contributed by atoms with Gasteiger partial charge in [0.15, 0.2) is 5.82 Å². The molecule has 0 unspecified atom stereocenters. The van der Waals surface area contributed by atoms with Gasteiger partial charge in [0.1, 0.15) is 35.5 Å². The Hall–Kier alpha value is -4.76. The molecule has 2 aromatic heterocycles. The van der Waals surface area contributed by atoms with Crippen LogP contribution in [0.5, 0.6) is 6.01 Å². The summed E-state index contributed by atoms with van der Waals surface area (Å²) in [6.45, 7) is 5.25. The molecule has 0 spiro atoms. The van der Waals surface area contributed by atoms with Crippen molar-refractivity contribution in [2.24, 2.45) is 0 Å². The van der Waals surface area contributed by atoms with Crippen LogP contribution < -0.4 is 9.64 Å². The van der Waals surface area contributed by atoms with Crippen LogP contribution in [0, 0.1) is 24.0 Å². The zero-order valence-corrected chi connectivity index (χ0v) is 26.5. The summed E-state index contributed by atoms with van der Waals surface area (Å²) >= 11 is 0. The van der Waals surface area contributed by atoms with Crippen LogP contribution in [0.25, 0.3) is 32.9 Å². The van der Waals surface area contributed by atoms with E-state index in [0.29, 0.717) is 10.8 Å².